The van der Waals surface area contributed by atoms with Gasteiger partial charge in [0.1, 0.15) is 17.7 Å². The number of hydrogen-bond donors (Lipinski definition) is 2. The number of benzene rings is 3. The Hall–Kier alpha value is -4.80. The molecule has 49 heavy (non-hydrogen) atoms. The topological polar surface area (TPSA) is 125 Å². The minimum Gasteiger partial charge on any atom is -0.460 e. The minimum atomic E-state index is -1.32. The fraction of sp³-hybridized carbons (Fsp3) is 0.385. The molecule has 0 radical (unpaired) electrons. The molecule has 3 amide bonds. The van der Waals surface area contributed by atoms with Crippen LogP contribution in [-0.2, 0) is 28.7 Å². The van der Waals surface area contributed by atoms with E-state index < -0.39 is 60.2 Å². The summed E-state index contributed by atoms with van der Waals surface area (Å²) < 4.78 is 12.5. The molecule has 0 unspecified atom stereocenters. The molecule has 3 saturated heterocycles. The molecule has 2 bridgehead atoms. The second-order valence-electron chi connectivity index (χ2n) is 13.1. The second-order valence-corrected chi connectivity index (χ2v) is 13.1. The van der Waals surface area contributed by atoms with Gasteiger partial charge in [-0.05, 0) is 54.7 Å². The summed E-state index contributed by atoms with van der Waals surface area (Å²) in [6, 6.07) is 20.7. The molecular weight excluding hydrogens is 622 g/mol. The van der Waals surface area contributed by atoms with E-state index in [4.69, 9.17) is 9.47 Å². The van der Waals surface area contributed by atoms with Gasteiger partial charge in [0.15, 0.2) is 0 Å². The lowest BCUT2D eigenvalue weighted by atomic mass is 9.70. The maximum atomic E-state index is 15.0. The highest BCUT2D eigenvalue weighted by molar-refractivity contribution is 6.05. The summed E-state index contributed by atoms with van der Waals surface area (Å²) in [6.07, 6.45) is 3.67. The molecule has 10 heteroatoms. The molecule has 256 valence electrons. The van der Waals surface area contributed by atoms with Crippen molar-refractivity contribution < 1.29 is 33.8 Å². The van der Waals surface area contributed by atoms with E-state index in [1.807, 2.05) is 60.7 Å². The number of hydrogen-bond acceptors (Lipinski definition) is 7. The number of ether oxygens (including phenoxy) is 2. The molecule has 3 fully saturated rings. The number of rotatable bonds is 14. The van der Waals surface area contributed by atoms with Crippen molar-refractivity contribution in [3.63, 3.8) is 0 Å². The summed E-state index contributed by atoms with van der Waals surface area (Å²) >= 11 is 0. The quantitative estimate of drug-likeness (QED) is 0.192. The lowest BCUT2D eigenvalue weighted by molar-refractivity contribution is -0.159. The Balaban J connectivity index is 1.36. The number of carbonyl (C=O) groups is 4. The summed E-state index contributed by atoms with van der Waals surface area (Å²) in [5.74, 6) is -3.56. The summed E-state index contributed by atoms with van der Waals surface area (Å²) in [5, 5.41) is 15.5. The lowest BCUT2D eigenvalue weighted by Crippen LogP contribution is -2.57. The van der Waals surface area contributed by atoms with Crippen molar-refractivity contribution in [2.75, 3.05) is 24.6 Å². The van der Waals surface area contributed by atoms with Crippen molar-refractivity contribution in [2.45, 2.75) is 62.5 Å². The zero-order valence-corrected chi connectivity index (χ0v) is 27.7. The number of allylic oxidation sites excluding steroid dienone is 1. The van der Waals surface area contributed by atoms with Gasteiger partial charge in [0, 0.05) is 18.7 Å². The third-order valence-corrected chi connectivity index (χ3v) is 10.0. The Bertz CT molecular complexity index is 1740. The van der Waals surface area contributed by atoms with Crippen LogP contribution in [0.1, 0.15) is 44.2 Å². The molecule has 3 aromatic carbocycles. The Kier molecular flexibility index (Phi) is 9.99. The summed E-state index contributed by atoms with van der Waals surface area (Å²) in [5.41, 5.74) is -0.0325. The number of esters is 1. The van der Waals surface area contributed by atoms with Gasteiger partial charge < -0.3 is 29.7 Å². The van der Waals surface area contributed by atoms with E-state index in [9.17, 15) is 19.5 Å². The van der Waals surface area contributed by atoms with E-state index in [0.29, 0.717) is 30.5 Å². The molecule has 3 aliphatic heterocycles. The van der Waals surface area contributed by atoms with Gasteiger partial charge in [-0.25, -0.2) is 0 Å². The first-order valence-corrected chi connectivity index (χ1v) is 16.9. The Morgan fingerprint density at radius 3 is 2.53 bits per heavy atom. The van der Waals surface area contributed by atoms with Crippen molar-refractivity contribution in [1.29, 1.82) is 0 Å². The number of aliphatic hydroxyl groups excluding tert-OH is 1. The van der Waals surface area contributed by atoms with Crippen LogP contribution >= 0.6 is 0 Å². The monoisotopic (exact) mass is 665 g/mol. The molecule has 0 aliphatic carbocycles. The summed E-state index contributed by atoms with van der Waals surface area (Å²) in [7, 11) is 0. The standard InChI is InChI=1S/C39H43N3O7/c1-4-6-16-32(44)40-23-25(3)48-38(47)33-31-19-20-39(49-31)34(33)36(45)42(30(24-43)27-13-8-7-9-14-27)35(39)37(46)41(21-5-2)29-18-17-26-12-10-11-15-28(26)22-29/h4-5,7-15,17-18,22,25,30-31,33-35,43H,1-2,6,16,19-21,23-24H2,3H3,(H,40,44)/t25-,30-,31+,33-,34-,35+,39-/m1/s1. The first kappa shape index (κ1) is 34.1. The fourth-order valence-electron chi connectivity index (χ4n) is 7.85. The van der Waals surface area contributed by atoms with Crippen LogP contribution in [0.4, 0.5) is 5.69 Å². The van der Waals surface area contributed by atoms with E-state index in [2.05, 4.69) is 18.5 Å². The van der Waals surface area contributed by atoms with Gasteiger partial charge in [-0.2, -0.15) is 0 Å². The average Bonchev–Trinajstić information content (AvgIpc) is 3.76. The molecule has 0 aromatic heterocycles. The zero-order valence-electron chi connectivity index (χ0n) is 27.7. The van der Waals surface area contributed by atoms with Gasteiger partial charge in [0.05, 0.1) is 37.1 Å². The Labute approximate surface area is 286 Å². The van der Waals surface area contributed by atoms with E-state index in [1.165, 1.54) is 4.90 Å². The van der Waals surface area contributed by atoms with Gasteiger partial charge in [0.2, 0.25) is 11.8 Å². The highest BCUT2D eigenvalue weighted by Gasteiger charge is 2.75. The number of nitrogens with zero attached hydrogens (tertiary/aromatic N) is 2. The second kappa shape index (κ2) is 14.4. The number of likely N-dealkylation sites (tertiary alicyclic amines) is 1. The van der Waals surface area contributed by atoms with Crippen molar-refractivity contribution in [3.05, 3.63) is 104 Å². The number of carbonyl (C=O) groups excluding carboxylic acids is 4. The molecule has 3 aromatic rings. The van der Waals surface area contributed by atoms with Crippen molar-refractivity contribution in [2.24, 2.45) is 11.8 Å². The fourth-order valence-corrected chi connectivity index (χ4v) is 7.85. The maximum absolute atomic E-state index is 15.0. The van der Waals surface area contributed by atoms with Crippen LogP contribution in [0.15, 0.2) is 98.1 Å². The molecule has 0 saturated carbocycles. The highest BCUT2D eigenvalue weighted by Crippen LogP contribution is 2.60. The van der Waals surface area contributed by atoms with E-state index in [-0.39, 0.29) is 31.3 Å². The van der Waals surface area contributed by atoms with Crippen LogP contribution < -0.4 is 10.2 Å². The van der Waals surface area contributed by atoms with Crippen LogP contribution in [0, 0.1) is 11.8 Å². The van der Waals surface area contributed by atoms with E-state index >= 15 is 4.79 Å². The predicted molar refractivity (Wildman–Crippen MR) is 185 cm³/mol. The highest BCUT2D eigenvalue weighted by atomic mass is 16.6. The van der Waals surface area contributed by atoms with Crippen molar-refractivity contribution in [3.8, 4) is 0 Å². The molecule has 10 nitrogen and oxygen atoms in total. The van der Waals surface area contributed by atoms with E-state index in [0.717, 1.165) is 10.8 Å². The minimum absolute atomic E-state index is 0.111. The van der Waals surface area contributed by atoms with Crippen LogP contribution in [0.5, 0.6) is 0 Å². The average molecular weight is 666 g/mol. The zero-order chi connectivity index (χ0) is 34.7. The molecular formula is C39H43N3O7. The third kappa shape index (κ3) is 6.26. The number of aliphatic hydroxyl groups is 1. The molecule has 6 rings (SSSR count). The van der Waals surface area contributed by atoms with Gasteiger partial charge in [0.25, 0.3) is 5.91 Å². The third-order valence-electron chi connectivity index (χ3n) is 10.0. The number of nitrogens with one attached hydrogen (secondary N) is 1. The summed E-state index contributed by atoms with van der Waals surface area (Å²) in [6.45, 7) is 9.05. The molecule has 3 aliphatic rings. The molecule has 1 spiro atoms. The normalized spacial score (nSPS) is 25.0. The van der Waals surface area contributed by atoms with Crippen LogP contribution in [0.2, 0.25) is 0 Å². The maximum Gasteiger partial charge on any atom is 0.312 e. The first-order valence-electron chi connectivity index (χ1n) is 16.9. The van der Waals surface area contributed by atoms with Gasteiger partial charge >= 0.3 is 5.97 Å². The largest absolute Gasteiger partial charge is 0.460 e. The van der Waals surface area contributed by atoms with E-state index in [1.54, 1.807) is 36.1 Å². The molecule has 2 N–H and O–H groups in total. The Morgan fingerprint density at radius 1 is 1.08 bits per heavy atom. The van der Waals surface area contributed by atoms with Crippen molar-refractivity contribution in [1.82, 2.24) is 10.2 Å². The van der Waals surface area contributed by atoms with Gasteiger partial charge in [-0.3, -0.25) is 19.2 Å². The van der Waals surface area contributed by atoms with Gasteiger partial charge in [-0.15, -0.1) is 13.2 Å². The number of fused-ring (bicyclic) bond motifs is 2. The SMILES string of the molecule is C=CCCC(=O)NC[C@@H](C)OC(=O)[C@@H]1[C@@H]2CC[C@]3(O2)[C@H](C(=O)N(CC=C)c2ccc4ccccc4c2)N([C@H](CO)c2ccccc2)C(=O)[C@@H]13. The van der Waals surface area contributed by atoms with Crippen LogP contribution in [-0.4, -0.2) is 77.2 Å². The van der Waals surface area contributed by atoms with Crippen LogP contribution in [0.25, 0.3) is 10.8 Å². The smallest absolute Gasteiger partial charge is 0.312 e. The number of anilines is 1. The number of amides is 3. The van der Waals surface area contributed by atoms with Crippen LogP contribution in [0.3, 0.4) is 0 Å². The summed E-state index contributed by atoms with van der Waals surface area (Å²) in [4.78, 5) is 58.8. The first-order chi connectivity index (χ1) is 23.7. The Morgan fingerprint density at radius 2 is 1.82 bits per heavy atom. The lowest BCUT2D eigenvalue weighted by Gasteiger charge is -2.39. The molecule has 3 heterocycles. The predicted octanol–water partition coefficient (Wildman–Crippen LogP) is 4.48. The molecule has 7 atom stereocenters. The van der Waals surface area contributed by atoms with Gasteiger partial charge in [-0.1, -0.05) is 72.8 Å². The van der Waals surface area contributed by atoms with Crippen molar-refractivity contribution >= 4 is 40.2 Å².